The van der Waals surface area contributed by atoms with E-state index in [9.17, 15) is 9.59 Å². The van der Waals surface area contributed by atoms with Gasteiger partial charge in [0.15, 0.2) is 6.61 Å². The van der Waals surface area contributed by atoms with E-state index in [1.54, 1.807) is 50.4 Å². The maximum absolute atomic E-state index is 12.0. The largest absolute Gasteiger partial charge is 0.497 e. The number of nitrogens with one attached hydrogen (secondary N) is 1. The van der Waals surface area contributed by atoms with E-state index in [1.807, 2.05) is 12.1 Å². The second kappa shape index (κ2) is 9.34. The average Bonchev–Trinajstić information content (AvgIpc) is 2.62. The molecule has 0 bridgehead atoms. The number of methoxy groups -OCH3 is 1. The van der Waals surface area contributed by atoms with Gasteiger partial charge in [0.1, 0.15) is 11.0 Å². The number of halogens is 1. The Bertz CT molecular complexity index is 719. The van der Waals surface area contributed by atoms with E-state index in [1.165, 1.54) is 11.8 Å². The lowest BCUT2D eigenvalue weighted by Gasteiger charge is -2.11. The molecule has 0 unspecified atom stereocenters. The van der Waals surface area contributed by atoms with Crippen LogP contribution in [0.3, 0.4) is 0 Å². The minimum atomic E-state index is -0.454. The normalized spacial score (nSPS) is 11.5. The molecule has 0 radical (unpaired) electrons. The Kier molecular flexibility index (Phi) is 7.16. The van der Waals surface area contributed by atoms with E-state index in [2.05, 4.69) is 5.32 Å². The Morgan fingerprint density at radius 3 is 2.36 bits per heavy atom. The van der Waals surface area contributed by atoms with Gasteiger partial charge in [-0.05, 0) is 55.5 Å². The third kappa shape index (κ3) is 6.32. The van der Waals surface area contributed by atoms with Crippen molar-refractivity contribution in [1.29, 1.82) is 0 Å². The van der Waals surface area contributed by atoms with Crippen molar-refractivity contribution < 1.29 is 19.1 Å². The van der Waals surface area contributed by atoms with Gasteiger partial charge in [-0.2, -0.15) is 0 Å². The second-order valence-corrected chi connectivity index (χ2v) is 6.95. The summed E-state index contributed by atoms with van der Waals surface area (Å²) in [5.41, 5.74) is 0.602. The molecule has 0 saturated carbocycles. The molecule has 0 saturated heterocycles. The SMILES string of the molecule is COc1ccc(NC(=O)COC(=O)[C@@H](C)Sc2ccc(Cl)cc2)cc1. The molecule has 25 heavy (non-hydrogen) atoms. The highest BCUT2D eigenvalue weighted by Gasteiger charge is 2.17. The van der Waals surface area contributed by atoms with Crippen LogP contribution in [0.1, 0.15) is 6.92 Å². The van der Waals surface area contributed by atoms with Crippen LogP contribution < -0.4 is 10.1 Å². The first-order chi connectivity index (χ1) is 12.0. The summed E-state index contributed by atoms with van der Waals surface area (Å²) < 4.78 is 10.1. The number of carbonyl (C=O) groups excluding carboxylic acids is 2. The predicted molar refractivity (Wildman–Crippen MR) is 99.4 cm³/mol. The van der Waals surface area contributed by atoms with Gasteiger partial charge in [-0.3, -0.25) is 9.59 Å². The van der Waals surface area contributed by atoms with Crippen molar-refractivity contribution in [3.63, 3.8) is 0 Å². The average molecular weight is 380 g/mol. The van der Waals surface area contributed by atoms with Crippen LogP contribution in [0.5, 0.6) is 5.75 Å². The van der Waals surface area contributed by atoms with Crippen LogP contribution in [-0.4, -0.2) is 30.8 Å². The van der Waals surface area contributed by atoms with E-state index in [-0.39, 0.29) is 6.61 Å². The van der Waals surface area contributed by atoms with Crippen LogP contribution in [0.15, 0.2) is 53.4 Å². The van der Waals surface area contributed by atoms with Crippen LogP contribution in [0.25, 0.3) is 0 Å². The van der Waals surface area contributed by atoms with Crippen molar-refractivity contribution >= 4 is 40.9 Å². The third-order valence-corrected chi connectivity index (χ3v) is 4.52. The number of anilines is 1. The maximum Gasteiger partial charge on any atom is 0.319 e. The topological polar surface area (TPSA) is 64.6 Å². The lowest BCUT2D eigenvalue weighted by Crippen LogP contribution is -2.24. The molecule has 0 aliphatic carbocycles. The highest BCUT2D eigenvalue weighted by molar-refractivity contribution is 8.00. The minimum Gasteiger partial charge on any atom is -0.497 e. The molecule has 1 atom stereocenters. The van der Waals surface area contributed by atoms with Crippen LogP contribution >= 0.6 is 23.4 Å². The monoisotopic (exact) mass is 379 g/mol. The van der Waals surface area contributed by atoms with Crippen molar-refractivity contribution in [2.24, 2.45) is 0 Å². The lowest BCUT2D eigenvalue weighted by atomic mass is 10.3. The molecule has 132 valence electrons. The van der Waals surface area contributed by atoms with E-state index < -0.39 is 17.1 Å². The summed E-state index contributed by atoms with van der Waals surface area (Å²) in [6.07, 6.45) is 0. The van der Waals surface area contributed by atoms with Crippen molar-refractivity contribution in [2.75, 3.05) is 19.0 Å². The fraction of sp³-hybridized carbons (Fsp3) is 0.222. The zero-order chi connectivity index (χ0) is 18.2. The molecule has 0 aliphatic heterocycles. The number of benzene rings is 2. The summed E-state index contributed by atoms with van der Waals surface area (Å²) in [6.45, 7) is 1.39. The molecular formula is C18H18ClNO4S. The summed E-state index contributed by atoms with van der Waals surface area (Å²) >= 11 is 7.17. The molecule has 0 aromatic heterocycles. The predicted octanol–water partition coefficient (Wildman–Crippen LogP) is 4.01. The molecule has 2 aromatic carbocycles. The van der Waals surface area contributed by atoms with Gasteiger partial charge >= 0.3 is 5.97 Å². The van der Waals surface area contributed by atoms with Gasteiger partial charge in [-0.1, -0.05) is 11.6 Å². The third-order valence-electron chi connectivity index (χ3n) is 3.18. The molecule has 1 amide bonds. The quantitative estimate of drug-likeness (QED) is 0.581. The smallest absolute Gasteiger partial charge is 0.319 e. The number of ether oxygens (including phenoxy) is 2. The van der Waals surface area contributed by atoms with Crippen LogP contribution in [0, 0.1) is 0 Å². The van der Waals surface area contributed by atoms with Gasteiger partial charge in [-0.15, -0.1) is 11.8 Å². The highest BCUT2D eigenvalue weighted by Crippen LogP contribution is 2.25. The summed E-state index contributed by atoms with van der Waals surface area (Å²) in [4.78, 5) is 24.7. The number of thioether (sulfide) groups is 1. The molecule has 5 nitrogen and oxygen atoms in total. The summed E-state index contributed by atoms with van der Waals surface area (Å²) in [5.74, 6) is -0.162. The van der Waals surface area contributed by atoms with E-state index in [4.69, 9.17) is 21.1 Å². The van der Waals surface area contributed by atoms with Crippen LogP contribution in [-0.2, 0) is 14.3 Å². The highest BCUT2D eigenvalue weighted by atomic mass is 35.5. The van der Waals surface area contributed by atoms with Gasteiger partial charge in [0, 0.05) is 15.6 Å². The lowest BCUT2D eigenvalue weighted by molar-refractivity contribution is -0.146. The van der Waals surface area contributed by atoms with E-state index >= 15 is 0 Å². The molecule has 0 fully saturated rings. The van der Waals surface area contributed by atoms with Crippen molar-refractivity contribution in [3.8, 4) is 5.75 Å². The van der Waals surface area contributed by atoms with E-state index in [0.29, 0.717) is 16.5 Å². The number of amides is 1. The van der Waals surface area contributed by atoms with Gasteiger partial charge in [-0.25, -0.2) is 0 Å². The first kappa shape index (κ1) is 19.1. The zero-order valence-corrected chi connectivity index (χ0v) is 15.4. The first-order valence-corrected chi connectivity index (χ1v) is 8.76. The van der Waals surface area contributed by atoms with Gasteiger partial charge < -0.3 is 14.8 Å². The molecular weight excluding hydrogens is 362 g/mol. The molecule has 7 heteroatoms. The Morgan fingerprint density at radius 1 is 1.12 bits per heavy atom. The molecule has 0 aliphatic rings. The Hall–Kier alpha value is -2.18. The van der Waals surface area contributed by atoms with Crippen LogP contribution in [0.4, 0.5) is 5.69 Å². The molecule has 0 heterocycles. The Labute approximate surface area is 155 Å². The number of hydrogen-bond acceptors (Lipinski definition) is 5. The van der Waals surface area contributed by atoms with Gasteiger partial charge in [0.2, 0.25) is 0 Å². The number of hydrogen-bond donors (Lipinski definition) is 1. The van der Waals surface area contributed by atoms with Gasteiger partial charge in [0.25, 0.3) is 5.91 Å². The number of rotatable bonds is 7. The summed E-state index contributed by atoms with van der Waals surface area (Å²) in [5, 5.41) is 2.85. The fourth-order valence-electron chi connectivity index (χ4n) is 1.89. The summed E-state index contributed by atoms with van der Waals surface area (Å²) in [6, 6.07) is 14.0. The standard InChI is InChI=1S/C18H18ClNO4S/c1-12(25-16-9-3-13(19)4-10-16)18(22)24-11-17(21)20-14-5-7-15(23-2)8-6-14/h3-10,12H,11H2,1-2H3,(H,20,21)/t12-/m1/s1. The number of carbonyl (C=O) groups is 2. The van der Waals surface area contributed by atoms with Crippen molar-refractivity contribution in [1.82, 2.24) is 0 Å². The van der Waals surface area contributed by atoms with Crippen LogP contribution in [0.2, 0.25) is 5.02 Å². The molecule has 2 rings (SSSR count). The minimum absolute atomic E-state index is 0.337. The van der Waals surface area contributed by atoms with Crippen molar-refractivity contribution in [3.05, 3.63) is 53.6 Å². The summed E-state index contributed by atoms with van der Waals surface area (Å²) in [7, 11) is 1.57. The second-order valence-electron chi connectivity index (χ2n) is 5.10. The molecule has 1 N–H and O–H groups in total. The van der Waals surface area contributed by atoms with Gasteiger partial charge in [0.05, 0.1) is 7.11 Å². The Morgan fingerprint density at radius 2 is 1.76 bits per heavy atom. The zero-order valence-electron chi connectivity index (χ0n) is 13.8. The molecule has 2 aromatic rings. The first-order valence-electron chi connectivity index (χ1n) is 7.50. The van der Waals surface area contributed by atoms with Crippen molar-refractivity contribution in [2.45, 2.75) is 17.1 Å². The fourth-order valence-corrected chi connectivity index (χ4v) is 2.88. The van der Waals surface area contributed by atoms with E-state index in [0.717, 1.165) is 4.90 Å². The number of esters is 1. The Balaban J connectivity index is 1.77. The molecule has 0 spiro atoms. The maximum atomic E-state index is 12.0.